The van der Waals surface area contributed by atoms with Crippen molar-refractivity contribution in [1.82, 2.24) is 4.98 Å². The summed E-state index contributed by atoms with van der Waals surface area (Å²) in [5.41, 5.74) is 0.167. The van der Waals surface area contributed by atoms with Gasteiger partial charge in [-0.2, -0.15) is 0 Å². The molecule has 52 valence electrons. The third-order valence-electron chi connectivity index (χ3n) is 0.999. The van der Waals surface area contributed by atoms with Crippen LogP contribution in [0, 0.1) is 0 Å². The molecule has 3 heteroatoms. The van der Waals surface area contributed by atoms with Crippen LogP contribution in [0.3, 0.4) is 0 Å². The maximum atomic E-state index is 10.8. The van der Waals surface area contributed by atoms with Gasteiger partial charge in [0.05, 0.1) is 8.48 Å². The Kier molecular flexibility index (Phi) is 1.60. The Morgan fingerprint density at radius 2 is 2.70 bits per heavy atom. The van der Waals surface area contributed by atoms with Crippen molar-refractivity contribution in [3.05, 3.63) is 30.1 Å². The van der Waals surface area contributed by atoms with Gasteiger partial charge in [-0.25, -0.2) is 9.78 Å². The molecule has 0 aromatic carbocycles. The number of carbonyl (C=O) groups is 1. The number of methoxy groups -OCH3 is 1. The molecule has 1 aromatic heterocycles. The van der Waals surface area contributed by atoms with Crippen LogP contribution in [0.1, 0.15) is 11.9 Å². The lowest BCUT2D eigenvalue weighted by molar-refractivity contribution is 0.0594. The van der Waals surface area contributed by atoms with Gasteiger partial charge in [0.2, 0.25) is 0 Å². The van der Waals surface area contributed by atoms with Crippen LogP contribution < -0.4 is 0 Å². The zero-order valence-electron chi connectivity index (χ0n) is 6.50. The van der Waals surface area contributed by atoms with E-state index in [1.54, 1.807) is 0 Å². The molecule has 0 aliphatic carbocycles. The molecule has 0 radical (unpaired) electrons. The summed E-state index contributed by atoms with van der Waals surface area (Å²) in [4.78, 5) is 14.5. The first kappa shape index (κ1) is 5.41. The lowest BCUT2D eigenvalue weighted by atomic mass is 10.4. The van der Waals surface area contributed by atoms with Gasteiger partial charge in [-0.3, -0.25) is 0 Å². The summed E-state index contributed by atoms with van der Waals surface area (Å²) in [5, 5.41) is 0. The van der Waals surface area contributed by atoms with Gasteiger partial charge in [-0.1, -0.05) is 6.04 Å². The van der Waals surface area contributed by atoms with Crippen molar-refractivity contribution < 1.29 is 10.9 Å². The maximum Gasteiger partial charge on any atom is 0.356 e. The number of aromatic nitrogens is 1. The molecular formula is C7H7NO2. The van der Waals surface area contributed by atoms with Gasteiger partial charge in [-0.05, 0) is 12.1 Å². The number of ether oxygens (including phenoxy) is 1. The van der Waals surface area contributed by atoms with Crippen molar-refractivity contribution in [3.63, 3.8) is 0 Å². The summed E-state index contributed by atoms with van der Waals surface area (Å²) in [7, 11) is 1.28. The zero-order chi connectivity index (χ0) is 8.27. The number of carbonyl (C=O) groups excluding carboxylic acids is 1. The van der Waals surface area contributed by atoms with Gasteiger partial charge in [0.15, 0.2) is 0 Å². The highest BCUT2D eigenvalue weighted by Crippen LogP contribution is 1.93. The monoisotopic (exact) mass is 138 g/mol. The molecule has 1 heterocycles. The van der Waals surface area contributed by atoms with E-state index in [2.05, 4.69) is 9.72 Å². The van der Waals surface area contributed by atoms with E-state index in [1.807, 2.05) is 0 Å². The highest BCUT2D eigenvalue weighted by atomic mass is 16.5. The Morgan fingerprint density at radius 1 is 1.90 bits per heavy atom. The van der Waals surface area contributed by atoms with Crippen molar-refractivity contribution in [2.24, 2.45) is 0 Å². The molecule has 0 aliphatic rings. The van der Waals surface area contributed by atoms with E-state index in [0.29, 0.717) is 0 Å². The zero-order valence-corrected chi connectivity index (χ0v) is 5.50. The SMILES string of the molecule is [2H]c1ccnc(C(=O)OC)c1. The van der Waals surface area contributed by atoms with Crippen LogP contribution in [-0.4, -0.2) is 18.1 Å². The number of esters is 1. The van der Waals surface area contributed by atoms with Crippen molar-refractivity contribution in [2.45, 2.75) is 0 Å². The fourth-order valence-corrected chi connectivity index (χ4v) is 0.541. The van der Waals surface area contributed by atoms with Crippen LogP contribution in [0.2, 0.25) is 0 Å². The maximum absolute atomic E-state index is 10.8. The average Bonchev–Trinajstić information content (AvgIpc) is 2.03. The summed E-state index contributed by atoms with van der Waals surface area (Å²) < 4.78 is 11.6. The van der Waals surface area contributed by atoms with Crippen LogP contribution >= 0.6 is 0 Å². The molecule has 0 saturated carbocycles. The van der Waals surface area contributed by atoms with Gasteiger partial charge in [-0.15, -0.1) is 0 Å². The Hall–Kier alpha value is -1.38. The van der Waals surface area contributed by atoms with Crippen LogP contribution in [-0.2, 0) is 4.74 Å². The van der Waals surface area contributed by atoms with Gasteiger partial charge in [0.25, 0.3) is 0 Å². The third kappa shape index (κ3) is 1.31. The van der Waals surface area contributed by atoms with Crippen LogP contribution in [0.5, 0.6) is 0 Å². The Balaban J connectivity index is 2.96. The minimum Gasteiger partial charge on any atom is -0.464 e. The van der Waals surface area contributed by atoms with Gasteiger partial charge in [0, 0.05) is 6.20 Å². The molecule has 0 bridgehead atoms. The minimum atomic E-state index is -0.515. The lowest BCUT2D eigenvalue weighted by Gasteiger charge is -1.94. The van der Waals surface area contributed by atoms with E-state index in [0.717, 1.165) is 0 Å². The summed E-state index contributed by atoms with van der Waals surface area (Å²) >= 11 is 0. The Morgan fingerprint density at radius 3 is 3.30 bits per heavy atom. The molecular weight excluding hydrogens is 130 g/mol. The van der Waals surface area contributed by atoms with Gasteiger partial charge >= 0.3 is 5.97 Å². The first-order valence-electron chi connectivity index (χ1n) is 3.25. The standard InChI is InChI=1S/C7H7NO2/c1-10-7(9)6-4-2-3-5-8-6/h2-5H,1H3/i2D. The smallest absolute Gasteiger partial charge is 0.356 e. The van der Waals surface area contributed by atoms with E-state index in [9.17, 15) is 4.79 Å². The van der Waals surface area contributed by atoms with Crippen molar-refractivity contribution in [2.75, 3.05) is 7.11 Å². The van der Waals surface area contributed by atoms with Crippen LogP contribution in [0.15, 0.2) is 24.4 Å². The normalized spacial score (nSPS) is 10.3. The van der Waals surface area contributed by atoms with Crippen LogP contribution in [0.25, 0.3) is 0 Å². The molecule has 0 aliphatic heterocycles. The lowest BCUT2D eigenvalue weighted by Crippen LogP contribution is -2.02. The molecule has 1 rings (SSSR count). The molecule has 10 heavy (non-hydrogen) atoms. The topological polar surface area (TPSA) is 39.2 Å². The number of nitrogens with zero attached hydrogens (tertiary/aromatic N) is 1. The molecule has 0 spiro atoms. The number of hydrogen-bond donors (Lipinski definition) is 0. The average molecular weight is 138 g/mol. The fraction of sp³-hybridized carbons (Fsp3) is 0.143. The predicted molar refractivity (Wildman–Crippen MR) is 35.6 cm³/mol. The van der Waals surface area contributed by atoms with E-state index in [-0.39, 0.29) is 11.7 Å². The van der Waals surface area contributed by atoms with Crippen LogP contribution in [0.4, 0.5) is 0 Å². The molecule has 0 saturated heterocycles. The molecule has 1 aromatic rings. The summed E-state index contributed by atoms with van der Waals surface area (Å²) in [6, 6.07) is 3.10. The quantitative estimate of drug-likeness (QED) is 0.540. The molecule has 0 unspecified atom stereocenters. The summed E-state index contributed by atoms with van der Waals surface area (Å²) in [6.45, 7) is 0. The first-order valence-corrected chi connectivity index (χ1v) is 2.75. The first-order chi connectivity index (χ1) is 5.24. The molecule has 0 atom stereocenters. The number of pyridine rings is 1. The van der Waals surface area contributed by atoms with E-state index in [4.69, 9.17) is 1.37 Å². The van der Waals surface area contributed by atoms with E-state index >= 15 is 0 Å². The van der Waals surface area contributed by atoms with E-state index < -0.39 is 5.97 Å². The molecule has 0 amide bonds. The predicted octanol–water partition coefficient (Wildman–Crippen LogP) is 0.868. The third-order valence-corrected chi connectivity index (χ3v) is 0.999. The van der Waals surface area contributed by atoms with E-state index in [1.165, 1.54) is 25.4 Å². The molecule has 3 nitrogen and oxygen atoms in total. The second kappa shape index (κ2) is 2.96. The van der Waals surface area contributed by atoms with Crippen molar-refractivity contribution in [1.29, 1.82) is 0 Å². The van der Waals surface area contributed by atoms with Crippen molar-refractivity contribution in [3.8, 4) is 0 Å². The Labute approximate surface area is 60.1 Å². The van der Waals surface area contributed by atoms with Gasteiger partial charge in [0.1, 0.15) is 5.69 Å². The Bertz CT molecular complexity index is 275. The second-order valence-electron chi connectivity index (χ2n) is 1.63. The highest BCUT2D eigenvalue weighted by Gasteiger charge is 2.02. The number of hydrogen-bond acceptors (Lipinski definition) is 3. The second-order valence-corrected chi connectivity index (χ2v) is 1.63. The summed E-state index contributed by atoms with van der Waals surface area (Å²) in [6.07, 6.45) is 1.40. The fourth-order valence-electron chi connectivity index (χ4n) is 0.541. The number of rotatable bonds is 1. The minimum absolute atomic E-state index is 0.167. The summed E-state index contributed by atoms with van der Waals surface area (Å²) in [5.74, 6) is -0.515. The largest absolute Gasteiger partial charge is 0.464 e. The molecule has 0 N–H and O–H groups in total. The highest BCUT2D eigenvalue weighted by molar-refractivity contribution is 5.86. The van der Waals surface area contributed by atoms with Crippen molar-refractivity contribution >= 4 is 5.97 Å². The van der Waals surface area contributed by atoms with Gasteiger partial charge < -0.3 is 4.74 Å². The molecule has 0 fully saturated rings.